The number of nitrogens with zero attached hydrogens (tertiary/aromatic N) is 1. The van der Waals surface area contributed by atoms with Crippen molar-refractivity contribution in [1.82, 2.24) is 4.98 Å². The third-order valence-electron chi connectivity index (χ3n) is 2.40. The maximum absolute atomic E-state index is 11.0. The van der Waals surface area contributed by atoms with E-state index in [-0.39, 0.29) is 5.97 Å². The molecule has 0 radical (unpaired) electrons. The summed E-state index contributed by atoms with van der Waals surface area (Å²) in [6, 6.07) is 4.07. The molecule has 0 atom stereocenters. The molecule has 3 nitrogen and oxygen atoms in total. The van der Waals surface area contributed by atoms with Gasteiger partial charge in [-0.25, -0.2) is 0 Å². The number of aromatic nitrogens is 1. The lowest BCUT2D eigenvalue weighted by molar-refractivity contribution is -0.143. The van der Waals surface area contributed by atoms with Crippen LogP contribution in [0, 0.1) is 0 Å². The van der Waals surface area contributed by atoms with Crippen LogP contribution in [0.1, 0.15) is 38.2 Å². The van der Waals surface area contributed by atoms with Crippen molar-refractivity contribution in [2.24, 2.45) is 0 Å². The molecule has 0 aliphatic rings. The summed E-state index contributed by atoms with van der Waals surface area (Å²) >= 11 is 0. The average Bonchev–Trinajstić information content (AvgIpc) is 2.30. The molecule has 88 valence electrons. The van der Waals surface area contributed by atoms with Gasteiger partial charge in [-0.3, -0.25) is 9.78 Å². The van der Waals surface area contributed by atoms with Crippen LogP contribution in [-0.2, 0) is 16.0 Å². The molecule has 0 bridgehead atoms. The zero-order valence-electron chi connectivity index (χ0n) is 9.82. The quantitative estimate of drug-likeness (QED) is 0.525. The second-order valence-corrected chi connectivity index (χ2v) is 3.72. The van der Waals surface area contributed by atoms with Gasteiger partial charge in [-0.2, -0.15) is 0 Å². The Bertz CT molecular complexity index is 298. The fourth-order valence-corrected chi connectivity index (χ4v) is 1.56. The van der Waals surface area contributed by atoms with Gasteiger partial charge in [0.05, 0.1) is 6.61 Å². The summed E-state index contributed by atoms with van der Waals surface area (Å²) in [6.07, 6.45) is 8.34. The molecule has 1 rings (SSSR count). The van der Waals surface area contributed by atoms with E-state index in [9.17, 15) is 4.79 Å². The lowest BCUT2D eigenvalue weighted by Crippen LogP contribution is -2.03. The van der Waals surface area contributed by atoms with Crippen molar-refractivity contribution in [3.05, 3.63) is 30.1 Å². The lowest BCUT2D eigenvalue weighted by atomic mass is 10.1. The minimum Gasteiger partial charge on any atom is -0.466 e. The SMILES string of the molecule is CCOC(=O)CCCCCc1ccncc1. The minimum absolute atomic E-state index is 0.0774. The standard InChI is InChI=1S/C13H19NO2/c1-2-16-13(15)7-5-3-4-6-12-8-10-14-11-9-12/h8-11H,2-7H2,1H3. The van der Waals surface area contributed by atoms with Crippen molar-refractivity contribution in [3.8, 4) is 0 Å². The molecule has 0 saturated heterocycles. The molecule has 16 heavy (non-hydrogen) atoms. The number of carbonyl (C=O) groups excluding carboxylic acids is 1. The van der Waals surface area contributed by atoms with Gasteiger partial charge < -0.3 is 4.74 Å². The van der Waals surface area contributed by atoms with Gasteiger partial charge in [0.1, 0.15) is 0 Å². The van der Waals surface area contributed by atoms with E-state index in [2.05, 4.69) is 4.98 Å². The highest BCUT2D eigenvalue weighted by Crippen LogP contribution is 2.07. The summed E-state index contributed by atoms with van der Waals surface area (Å²) in [5.41, 5.74) is 1.31. The van der Waals surface area contributed by atoms with Gasteiger partial charge >= 0.3 is 5.97 Å². The Morgan fingerprint density at radius 2 is 2.00 bits per heavy atom. The van der Waals surface area contributed by atoms with E-state index in [4.69, 9.17) is 4.74 Å². The molecule has 0 aromatic carbocycles. The molecule has 0 aliphatic carbocycles. The number of hydrogen-bond acceptors (Lipinski definition) is 3. The Morgan fingerprint density at radius 1 is 1.25 bits per heavy atom. The molecule has 1 aromatic rings. The van der Waals surface area contributed by atoms with Crippen LogP contribution in [0.5, 0.6) is 0 Å². The molecule has 3 heteroatoms. The van der Waals surface area contributed by atoms with E-state index in [0.717, 1.165) is 25.7 Å². The lowest BCUT2D eigenvalue weighted by Gasteiger charge is -2.02. The van der Waals surface area contributed by atoms with Gasteiger partial charge in [0.2, 0.25) is 0 Å². The minimum atomic E-state index is -0.0774. The maximum atomic E-state index is 11.0. The van der Waals surface area contributed by atoms with Gasteiger partial charge in [-0.1, -0.05) is 6.42 Å². The van der Waals surface area contributed by atoms with E-state index in [1.54, 1.807) is 0 Å². The van der Waals surface area contributed by atoms with Crippen LogP contribution in [0.25, 0.3) is 0 Å². The highest BCUT2D eigenvalue weighted by molar-refractivity contribution is 5.69. The molecule has 1 aromatic heterocycles. The first-order valence-electron chi connectivity index (χ1n) is 5.87. The second kappa shape index (κ2) is 7.85. The largest absolute Gasteiger partial charge is 0.466 e. The molecule has 0 saturated carbocycles. The normalized spacial score (nSPS) is 10.1. The van der Waals surface area contributed by atoms with Crippen LogP contribution < -0.4 is 0 Å². The van der Waals surface area contributed by atoms with E-state index in [1.807, 2.05) is 31.5 Å². The number of unbranched alkanes of at least 4 members (excludes halogenated alkanes) is 2. The van der Waals surface area contributed by atoms with Gasteiger partial charge in [0.25, 0.3) is 0 Å². The zero-order chi connectivity index (χ0) is 11.6. The number of rotatable bonds is 7. The average molecular weight is 221 g/mol. The topological polar surface area (TPSA) is 39.2 Å². The van der Waals surface area contributed by atoms with Gasteiger partial charge in [0, 0.05) is 18.8 Å². The molecule has 0 spiro atoms. The van der Waals surface area contributed by atoms with Gasteiger partial charge in [0.15, 0.2) is 0 Å². The van der Waals surface area contributed by atoms with Crippen LogP contribution in [0.2, 0.25) is 0 Å². The number of ether oxygens (including phenoxy) is 1. The monoisotopic (exact) mass is 221 g/mol. The van der Waals surface area contributed by atoms with Crippen molar-refractivity contribution >= 4 is 5.97 Å². The molecule has 0 amide bonds. The Kier molecular flexibility index (Phi) is 6.23. The van der Waals surface area contributed by atoms with E-state index in [1.165, 1.54) is 5.56 Å². The van der Waals surface area contributed by atoms with Crippen LogP contribution in [0.15, 0.2) is 24.5 Å². The van der Waals surface area contributed by atoms with Crippen molar-refractivity contribution in [1.29, 1.82) is 0 Å². The van der Waals surface area contributed by atoms with Crippen molar-refractivity contribution in [2.75, 3.05) is 6.61 Å². The molecular formula is C13H19NO2. The summed E-state index contributed by atoms with van der Waals surface area (Å²) in [6.45, 7) is 2.32. The summed E-state index contributed by atoms with van der Waals surface area (Å²) in [4.78, 5) is 15.0. The third kappa shape index (κ3) is 5.49. The van der Waals surface area contributed by atoms with Gasteiger partial charge in [-0.15, -0.1) is 0 Å². The summed E-state index contributed by atoms with van der Waals surface area (Å²) < 4.78 is 4.86. The number of carbonyl (C=O) groups is 1. The molecular weight excluding hydrogens is 202 g/mol. The zero-order valence-corrected chi connectivity index (χ0v) is 9.82. The number of hydrogen-bond donors (Lipinski definition) is 0. The number of esters is 1. The number of aryl methyl sites for hydroxylation is 1. The first-order valence-corrected chi connectivity index (χ1v) is 5.87. The highest BCUT2D eigenvalue weighted by atomic mass is 16.5. The van der Waals surface area contributed by atoms with Crippen LogP contribution in [-0.4, -0.2) is 17.6 Å². The summed E-state index contributed by atoms with van der Waals surface area (Å²) in [7, 11) is 0. The van der Waals surface area contributed by atoms with Crippen molar-refractivity contribution in [3.63, 3.8) is 0 Å². The number of pyridine rings is 1. The van der Waals surface area contributed by atoms with Crippen molar-refractivity contribution < 1.29 is 9.53 Å². The summed E-state index contributed by atoms with van der Waals surface area (Å²) in [5, 5.41) is 0. The van der Waals surface area contributed by atoms with E-state index in [0.29, 0.717) is 13.0 Å². The Morgan fingerprint density at radius 3 is 2.69 bits per heavy atom. The fourth-order valence-electron chi connectivity index (χ4n) is 1.56. The first-order chi connectivity index (χ1) is 7.83. The van der Waals surface area contributed by atoms with Crippen LogP contribution in [0.4, 0.5) is 0 Å². The molecule has 1 heterocycles. The predicted molar refractivity (Wildman–Crippen MR) is 63.0 cm³/mol. The van der Waals surface area contributed by atoms with E-state index < -0.39 is 0 Å². The Labute approximate surface area is 96.8 Å². The van der Waals surface area contributed by atoms with Crippen molar-refractivity contribution in [2.45, 2.75) is 39.0 Å². The maximum Gasteiger partial charge on any atom is 0.305 e. The molecule has 0 aliphatic heterocycles. The predicted octanol–water partition coefficient (Wildman–Crippen LogP) is 2.75. The summed E-state index contributed by atoms with van der Waals surface area (Å²) in [5.74, 6) is -0.0774. The van der Waals surface area contributed by atoms with Gasteiger partial charge in [-0.05, 0) is 43.9 Å². The van der Waals surface area contributed by atoms with E-state index >= 15 is 0 Å². The molecule has 0 N–H and O–H groups in total. The molecule has 0 unspecified atom stereocenters. The third-order valence-corrected chi connectivity index (χ3v) is 2.40. The Balaban J connectivity index is 2.02. The van der Waals surface area contributed by atoms with Crippen LogP contribution >= 0.6 is 0 Å². The van der Waals surface area contributed by atoms with Crippen LogP contribution in [0.3, 0.4) is 0 Å². The Hall–Kier alpha value is -1.38. The molecule has 0 fully saturated rings. The fraction of sp³-hybridized carbons (Fsp3) is 0.538. The second-order valence-electron chi connectivity index (χ2n) is 3.72. The smallest absolute Gasteiger partial charge is 0.305 e. The first kappa shape index (κ1) is 12.7. The highest BCUT2D eigenvalue weighted by Gasteiger charge is 2.00.